The van der Waals surface area contributed by atoms with E-state index in [2.05, 4.69) is 21.6 Å². The summed E-state index contributed by atoms with van der Waals surface area (Å²) in [5, 5.41) is 33.9. The van der Waals surface area contributed by atoms with Gasteiger partial charge in [0.1, 0.15) is 0 Å². The molecule has 0 saturated heterocycles. The Kier molecular flexibility index (Phi) is 15.7. The van der Waals surface area contributed by atoms with Crippen molar-refractivity contribution in [3.63, 3.8) is 0 Å². The van der Waals surface area contributed by atoms with Gasteiger partial charge < -0.3 is 44.3 Å². The Bertz CT molecular complexity index is 1560. The van der Waals surface area contributed by atoms with Crippen LogP contribution in [0, 0.1) is 11.8 Å². The third-order valence-electron chi connectivity index (χ3n) is 8.31. The van der Waals surface area contributed by atoms with Crippen LogP contribution in [-0.2, 0) is 11.3 Å². The first-order valence-corrected chi connectivity index (χ1v) is 16.5. The highest BCUT2D eigenvalue weighted by Gasteiger charge is 2.47. The summed E-state index contributed by atoms with van der Waals surface area (Å²) in [5.41, 5.74) is 11.7. The topological polar surface area (TPSA) is 215 Å². The summed E-state index contributed by atoms with van der Waals surface area (Å²) in [6.45, 7) is 6.96. The number of carboxylic acids is 1. The van der Waals surface area contributed by atoms with Crippen LogP contribution in [0.3, 0.4) is 0 Å². The van der Waals surface area contributed by atoms with Gasteiger partial charge in [0, 0.05) is 43.1 Å². The van der Waals surface area contributed by atoms with Crippen LogP contribution in [-0.4, -0.2) is 81.6 Å². The highest BCUT2D eigenvalue weighted by atomic mass is 16.7. The van der Waals surface area contributed by atoms with E-state index >= 15 is 0 Å². The molecule has 0 fully saturated rings. The van der Waals surface area contributed by atoms with Gasteiger partial charge in [-0.1, -0.05) is 19.1 Å². The second-order valence-electron chi connectivity index (χ2n) is 11.9. The van der Waals surface area contributed by atoms with Gasteiger partial charge in [0.05, 0.1) is 33.4 Å². The highest BCUT2D eigenvalue weighted by molar-refractivity contribution is 5.94. The molecule has 0 unspecified atom stereocenters. The molecule has 1 aliphatic carbocycles. The normalized spacial score (nSPS) is 18.3. The summed E-state index contributed by atoms with van der Waals surface area (Å²) < 4.78 is 27.2. The first kappa shape index (κ1) is 40.8. The van der Waals surface area contributed by atoms with Crippen LogP contribution < -0.4 is 51.1 Å². The fraction of sp³-hybridized carbons (Fsp3) is 0.444. The first-order chi connectivity index (χ1) is 24.5. The fourth-order valence-corrected chi connectivity index (χ4v) is 5.88. The molecule has 0 bridgehead atoms. The lowest BCUT2D eigenvalue weighted by Gasteiger charge is -2.40. The summed E-state index contributed by atoms with van der Waals surface area (Å²) in [4.78, 5) is 24.0. The summed E-state index contributed by atoms with van der Waals surface area (Å²) >= 11 is 0. The van der Waals surface area contributed by atoms with Crippen LogP contribution in [0.4, 0.5) is 0 Å². The minimum atomic E-state index is -1.19. The number of amides is 1. The van der Waals surface area contributed by atoms with Gasteiger partial charge in [-0.15, -0.1) is 0 Å². The lowest BCUT2D eigenvalue weighted by molar-refractivity contribution is -0.148. The van der Waals surface area contributed by atoms with E-state index in [1.807, 2.05) is 52.1 Å². The van der Waals surface area contributed by atoms with E-state index in [9.17, 15) is 24.9 Å². The minimum Gasteiger partial charge on any atom is -0.493 e. The van der Waals surface area contributed by atoms with E-state index < -0.39 is 36.4 Å². The number of fused-ring (bicyclic) bond motifs is 2. The number of nitrogens with one attached hydrogen (secondary N) is 4. The predicted molar refractivity (Wildman–Crippen MR) is 190 cm³/mol. The average molecular weight is 714 g/mol. The van der Waals surface area contributed by atoms with E-state index in [-0.39, 0.29) is 18.7 Å². The number of nitrogens with two attached hydrogens (primary N) is 1. The maximum Gasteiger partial charge on any atom is 0.307 e. The van der Waals surface area contributed by atoms with Gasteiger partial charge in [-0.3, -0.25) is 31.7 Å². The summed E-state index contributed by atoms with van der Waals surface area (Å²) in [6.07, 6.45) is -1.19. The van der Waals surface area contributed by atoms with Crippen LogP contribution >= 0.6 is 0 Å². The molecule has 15 nitrogen and oxygen atoms in total. The van der Waals surface area contributed by atoms with E-state index in [0.29, 0.717) is 51.0 Å². The Morgan fingerprint density at radius 1 is 0.961 bits per heavy atom. The largest absolute Gasteiger partial charge is 0.493 e. The van der Waals surface area contributed by atoms with Crippen molar-refractivity contribution in [2.24, 2.45) is 17.7 Å². The van der Waals surface area contributed by atoms with Crippen molar-refractivity contribution in [2.75, 3.05) is 48.3 Å². The molecule has 2 aliphatic rings. The SMILES string of the molecule is CCNN.CNNCc1ccc(C(=O)NC(C)C)cc1.COc1cc([C@@H]2c3cc4c(cc3[C@H](O)[C@@H](CO)[C@@H]2C(=O)O)OCO4)cc(OC)c1OC. The monoisotopic (exact) mass is 713 g/mol. The quantitative estimate of drug-likeness (QED) is 0.100. The first-order valence-electron chi connectivity index (χ1n) is 16.5. The number of carbonyl (C=O) groups excluding carboxylic acids is 1. The van der Waals surface area contributed by atoms with Crippen molar-refractivity contribution in [3.8, 4) is 28.7 Å². The molecule has 0 spiro atoms. The van der Waals surface area contributed by atoms with E-state index in [1.54, 1.807) is 24.3 Å². The van der Waals surface area contributed by atoms with Crippen molar-refractivity contribution < 1.29 is 48.6 Å². The molecule has 51 heavy (non-hydrogen) atoms. The van der Waals surface area contributed by atoms with Crippen LogP contribution in [0.5, 0.6) is 28.7 Å². The zero-order valence-corrected chi connectivity index (χ0v) is 30.1. The number of benzene rings is 3. The summed E-state index contributed by atoms with van der Waals surface area (Å²) in [7, 11) is 6.26. The lowest BCUT2D eigenvalue weighted by Crippen LogP contribution is -2.40. The maximum absolute atomic E-state index is 12.4. The molecular weight excluding hydrogens is 662 g/mol. The number of rotatable bonds is 12. The molecule has 0 radical (unpaired) electrons. The molecule has 3 aromatic carbocycles. The number of aliphatic hydroxyl groups is 2. The third-order valence-corrected chi connectivity index (χ3v) is 8.31. The molecular formula is C36H51N5O10. The zero-order valence-electron chi connectivity index (χ0n) is 30.1. The second-order valence-corrected chi connectivity index (χ2v) is 11.9. The number of hydrazine groups is 2. The number of hydrogen-bond donors (Lipinski definition) is 8. The van der Waals surface area contributed by atoms with Crippen molar-refractivity contribution >= 4 is 11.9 Å². The summed E-state index contributed by atoms with van der Waals surface area (Å²) in [6, 6.07) is 14.4. The molecule has 15 heteroatoms. The van der Waals surface area contributed by atoms with Crippen LogP contribution in [0.25, 0.3) is 0 Å². The number of hydrogen-bond acceptors (Lipinski definition) is 13. The Morgan fingerprint density at radius 2 is 1.53 bits per heavy atom. The van der Waals surface area contributed by atoms with E-state index in [4.69, 9.17) is 29.5 Å². The molecule has 280 valence electrons. The van der Waals surface area contributed by atoms with Gasteiger partial charge in [0.25, 0.3) is 5.91 Å². The molecule has 0 saturated carbocycles. The smallest absolute Gasteiger partial charge is 0.307 e. The zero-order chi connectivity index (χ0) is 37.7. The molecule has 5 rings (SSSR count). The highest BCUT2D eigenvalue weighted by Crippen LogP contribution is 2.53. The third kappa shape index (κ3) is 10.00. The Labute approximate surface area is 298 Å². The number of aliphatic hydroxyl groups excluding tert-OH is 2. The maximum atomic E-state index is 12.4. The Morgan fingerprint density at radius 3 is 1.98 bits per heavy atom. The molecule has 9 N–H and O–H groups in total. The number of ether oxygens (including phenoxy) is 5. The van der Waals surface area contributed by atoms with Gasteiger partial charge in [-0.05, 0) is 79.5 Å². The van der Waals surface area contributed by atoms with Gasteiger partial charge in [0.15, 0.2) is 23.0 Å². The van der Waals surface area contributed by atoms with Crippen LogP contribution in [0.2, 0.25) is 0 Å². The van der Waals surface area contributed by atoms with Crippen molar-refractivity contribution in [2.45, 2.75) is 45.4 Å². The Balaban J connectivity index is 0.000000294. The standard InChI is InChI=1S/C22H24O9.C12H19N3O.C2H8N2/c1-27-16-4-10(5-17(28-2)21(16)29-3)18-11-6-14-15(31-9-30-14)7-12(11)20(24)13(8-23)19(18)22(25)26;1-9(2)15-12(16)11-6-4-10(5-7-11)8-14-13-3;1-2-4-3/h4-7,13,18-20,23-24H,8-9H2,1-3H3,(H,25,26);4-7,9,13-14H,8H2,1-3H3,(H,15,16);4H,2-3H2,1H3/t13-,18+,19-,20-;;/m0../s1. The Hall–Kier alpha value is -4.64. The molecule has 4 atom stereocenters. The van der Waals surface area contributed by atoms with E-state index in [0.717, 1.165) is 18.7 Å². The van der Waals surface area contributed by atoms with Gasteiger partial charge in [-0.25, -0.2) is 0 Å². The second kappa shape index (κ2) is 19.7. The fourth-order valence-electron chi connectivity index (χ4n) is 5.88. The predicted octanol–water partition coefficient (Wildman–Crippen LogP) is 2.45. The van der Waals surface area contributed by atoms with Crippen molar-refractivity contribution in [1.82, 2.24) is 21.6 Å². The van der Waals surface area contributed by atoms with Crippen molar-refractivity contribution in [3.05, 3.63) is 76.3 Å². The molecule has 1 heterocycles. The lowest BCUT2D eigenvalue weighted by atomic mass is 9.65. The average Bonchev–Trinajstić information content (AvgIpc) is 3.60. The molecule has 3 aromatic rings. The minimum absolute atomic E-state index is 0.0249. The molecule has 0 aromatic heterocycles. The van der Waals surface area contributed by atoms with Crippen molar-refractivity contribution in [1.29, 1.82) is 0 Å². The van der Waals surface area contributed by atoms with Gasteiger partial charge in [-0.2, -0.15) is 0 Å². The van der Waals surface area contributed by atoms with E-state index in [1.165, 1.54) is 21.3 Å². The van der Waals surface area contributed by atoms with Gasteiger partial charge in [0.2, 0.25) is 12.5 Å². The van der Waals surface area contributed by atoms with Gasteiger partial charge >= 0.3 is 5.97 Å². The summed E-state index contributed by atoms with van der Waals surface area (Å²) in [5.74, 6) is 2.89. The van der Waals surface area contributed by atoms with Crippen LogP contribution in [0.1, 0.15) is 65.4 Å². The number of methoxy groups -OCH3 is 3. The molecule has 1 amide bonds. The molecule has 1 aliphatic heterocycles. The van der Waals surface area contributed by atoms with Crippen LogP contribution in [0.15, 0.2) is 48.5 Å². The number of aliphatic carboxylic acids is 1. The number of carbonyl (C=O) groups is 2. The number of carboxylic acid groups (broad SMARTS) is 1.